The molecule has 0 aliphatic carbocycles. The Morgan fingerprint density at radius 1 is 1.09 bits per heavy atom. The van der Waals surface area contributed by atoms with Crippen LogP contribution in [0.4, 0.5) is 4.79 Å². The molecule has 0 saturated carbocycles. The molecule has 33 heavy (non-hydrogen) atoms. The number of imide groups is 1. The summed E-state index contributed by atoms with van der Waals surface area (Å²) in [5, 5.41) is 10.9. The number of nitrogens with zero attached hydrogens (tertiary/aromatic N) is 3. The Bertz CT molecular complexity index is 1270. The van der Waals surface area contributed by atoms with Gasteiger partial charge in [0.1, 0.15) is 5.54 Å². The molecule has 2 aliphatic heterocycles. The van der Waals surface area contributed by atoms with E-state index >= 15 is 0 Å². The monoisotopic (exact) mass is 445 g/mol. The summed E-state index contributed by atoms with van der Waals surface area (Å²) in [6.45, 7) is 7.16. The Morgan fingerprint density at radius 3 is 2.42 bits per heavy atom. The molecule has 2 fully saturated rings. The highest BCUT2D eigenvalue weighted by Gasteiger charge is 2.43. The molecule has 8 nitrogen and oxygen atoms in total. The summed E-state index contributed by atoms with van der Waals surface area (Å²) in [6.07, 6.45) is 3.81. The second-order valence-electron chi connectivity index (χ2n) is 9.26. The summed E-state index contributed by atoms with van der Waals surface area (Å²) in [4.78, 5) is 38.6. The van der Waals surface area contributed by atoms with Crippen LogP contribution in [-0.2, 0) is 10.3 Å². The van der Waals surface area contributed by atoms with Gasteiger partial charge in [0.15, 0.2) is 0 Å². The van der Waals surface area contributed by atoms with Gasteiger partial charge in [-0.2, -0.15) is 5.10 Å². The van der Waals surface area contributed by atoms with Gasteiger partial charge < -0.3 is 10.2 Å². The van der Waals surface area contributed by atoms with E-state index < -0.39 is 17.5 Å². The van der Waals surface area contributed by atoms with E-state index in [9.17, 15) is 14.4 Å². The Hall–Kier alpha value is -3.68. The van der Waals surface area contributed by atoms with Crippen LogP contribution in [0.2, 0.25) is 0 Å². The van der Waals surface area contributed by atoms with E-state index in [4.69, 9.17) is 5.10 Å². The van der Waals surface area contributed by atoms with Crippen LogP contribution >= 0.6 is 0 Å². The lowest BCUT2D eigenvalue weighted by Gasteiger charge is -2.32. The van der Waals surface area contributed by atoms with E-state index in [1.165, 1.54) is 11.1 Å². The predicted molar refractivity (Wildman–Crippen MR) is 124 cm³/mol. The lowest BCUT2D eigenvalue weighted by Crippen LogP contribution is -2.41. The number of aryl methyl sites for hydroxylation is 2. The quantitative estimate of drug-likeness (QED) is 0.605. The van der Waals surface area contributed by atoms with E-state index in [1.54, 1.807) is 31.2 Å². The van der Waals surface area contributed by atoms with Crippen molar-refractivity contribution in [3.05, 3.63) is 64.8 Å². The van der Waals surface area contributed by atoms with Gasteiger partial charge in [-0.3, -0.25) is 19.6 Å². The first-order valence-corrected chi connectivity index (χ1v) is 11.2. The molecule has 0 bridgehead atoms. The molecule has 8 heteroatoms. The normalized spacial score (nSPS) is 21.4. The zero-order chi connectivity index (χ0) is 23.3. The molecule has 2 aliphatic rings. The molecule has 2 saturated heterocycles. The van der Waals surface area contributed by atoms with Gasteiger partial charge in [0, 0.05) is 30.2 Å². The first-order chi connectivity index (χ1) is 15.7. The molecule has 1 unspecified atom stereocenters. The molecule has 4 amide bonds. The summed E-state index contributed by atoms with van der Waals surface area (Å²) < 4.78 is 2.06. The maximum Gasteiger partial charge on any atom is 0.322 e. The SMILES string of the molecule is Cc1cc(C)c2nn(C3CCN(C(=O)c4ccc(C5(C)NC(=O)NC5=O)cc4)CC3)cc2c1. The topological polar surface area (TPSA) is 96.3 Å². The first-order valence-electron chi connectivity index (χ1n) is 11.2. The van der Waals surface area contributed by atoms with Crippen LogP contribution in [0.5, 0.6) is 0 Å². The van der Waals surface area contributed by atoms with Crippen LogP contribution in [0.1, 0.15) is 52.9 Å². The molecule has 3 heterocycles. The van der Waals surface area contributed by atoms with E-state index in [-0.39, 0.29) is 11.9 Å². The molecular formula is C25H27N5O3. The second-order valence-corrected chi connectivity index (χ2v) is 9.26. The van der Waals surface area contributed by atoms with Crippen LogP contribution in [-0.4, -0.2) is 45.6 Å². The maximum atomic E-state index is 13.0. The zero-order valence-electron chi connectivity index (χ0n) is 19.0. The number of nitrogens with one attached hydrogen (secondary N) is 2. The zero-order valence-corrected chi connectivity index (χ0v) is 19.0. The number of amides is 4. The van der Waals surface area contributed by atoms with Crippen molar-refractivity contribution in [2.24, 2.45) is 0 Å². The molecule has 1 aromatic heterocycles. The van der Waals surface area contributed by atoms with Crippen molar-refractivity contribution >= 4 is 28.7 Å². The van der Waals surface area contributed by atoms with E-state index in [0.717, 1.165) is 23.7 Å². The van der Waals surface area contributed by atoms with Gasteiger partial charge in [-0.15, -0.1) is 0 Å². The van der Waals surface area contributed by atoms with Crippen LogP contribution in [0.15, 0.2) is 42.6 Å². The van der Waals surface area contributed by atoms with E-state index in [0.29, 0.717) is 24.2 Å². The number of likely N-dealkylation sites (tertiary alicyclic amines) is 1. The lowest BCUT2D eigenvalue weighted by atomic mass is 9.91. The minimum absolute atomic E-state index is 0.0258. The van der Waals surface area contributed by atoms with Crippen LogP contribution in [0, 0.1) is 13.8 Å². The third-order valence-electron chi connectivity index (χ3n) is 6.84. The van der Waals surface area contributed by atoms with Crippen molar-refractivity contribution in [3.63, 3.8) is 0 Å². The molecule has 3 aromatic rings. The number of hydrogen-bond donors (Lipinski definition) is 2. The lowest BCUT2D eigenvalue weighted by molar-refractivity contribution is -0.123. The Balaban J connectivity index is 1.26. The number of carbonyl (C=O) groups excluding carboxylic acids is 3. The van der Waals surface area contributed by atoms with Crippen LogP contribution < -0.4 is 10.6 Å². The number of benzene rings is 2. The molecule has 5 rings (SSSR count). The number of piperidine rings is 1. The highest BCUT2D eigenvalue weighted by molar-refractivity contribution is 6.07. The fraction of sp³-hybridized carbons (Fsp3) is 0.360. The Labute approximate surface area is 191 Å². The maximum absolute atomic E-state index is 13.0. The number of fused-ring (bicyclic) bond motifs is 1. The minimum atomic E-state index is -1.12. The van der Waals surface area contributed by atoms with Crippen LogP contribution in [0.25, 0.3) is 10.9 Å². The van der Waals surface area contributed by atoms with Crippen molar-refractivity contribution in [2.75, 3.05) is 13.1 Å². The van der Waals surface area contributed by atoms with Gasteiger partial charge in [0.2, 0.25) is 0 Å². The first kappa shape index (κ1) is 21.2. The van der Waals surface area contributed by atoms with Crippen molar-refractivity contribution in [2.45, 2.75) is 45.2 Å². The van der Waals surface area contributed by atoms with Gasteiger partial charge in [-0.1, -0.05) is 23.8 Å². The Morgan fingerprint density at radius 2 is 1.79 bits per heavy atom. The number of rotatable bonds is 3. The largest absolute Gasteiger partial charge is 0.338 e. The van der Waals surface area contributed by atoms with E-state index in [2.05, 4.69) is 47.5 Å². The van der Waals surface area contributed by atoms with Crippen molar-refractivity contribution in [3.8, 4) is 0 Å². The van der Waals surface area contributed by atoms with Gasteiger partial charge in [-0.05, 0) is 62.9 Å². The fourth-order valence-electron chi connectivity index (χ4n) is 4.91. The summed E-state index contributed by atoms with van der Waals surface area (Å²) in [5.41, 5.74) is 3.54. The summed E-state index contributed by atoms with van der Waals surface area (Å²) in [5.74, 6) is -0.424. The molecule has 0 radical (unpaired) electrons. The van der Waals surface area contributed by atoms with Crippen molar-refractivity contribution in [1.82, 2.24) is 25.3 Å². The van der Waals surface area contributed by atoms with Gasteiger partial charge in [0.25, 0.3) is 11.8 Å². The number of aromatic nitrogens is 2. The molecule has 1 atom stereocenters. The third kappa shape index (κ3) is 3.65. The predicted octanol–water partition coefficient (Wildman–Crippen LogP) is 3.19. The summed E-state index contributed by atoms with van der Waals surface area (Å²) >= 11 is 0. The minimum Gasteiger partial charge on any atom is -0.338 e. The fourth-order valence-corrected chi connectivity index (χ4v) is 4.91. The van der Waals surface area contributed by atoms with Crippen molar-refractivity contribution in [1.29, 1.82) is 0 Å². The molecule has 2 aromatic carbocycles. The molecule has 170 valence electrons. The number of carbonyl (C=O) groups is 3. The number of hydrogen-bond acceptors (Lipinski definition) is 4. The average molecular weight is 446 g/mol. The smallest absolute Gasteiger partial charge is 0.322 e. The summed E-state index contributed by atoms with van der Waals surface area (Å²) in [6, 6.07) is 11.0. The number of urea groups is 1. The molecule has 2 N–H and O–H groups in total. The third-order valence-corrected chi connectivity index (χ3v) is 6.84. The summed E-state index contributed by atoms with van der Waals surface area (Å²) in [7, 11) is 0. The highest BCUT2D eigenvalue weighted by Crippen LogP contribution is 2.28. The van der Waals surface area contributed by atoms with Crippen molar-refractivity contribution < 1.29 is 14.4 Å². The van der Waals surface area contributed by atoms with Gasteiger partial charge in [0.05, 0.1) is 11.6 Å². The standard InChI is InChI=1S/C25H27N5O3/c1-15-12-16(2)21-18(13-15)14-30(28-21)20-8-10-29(11-9-20)22(31)17-4-6-19(7-5-17)25(3)23(32)26-24(33)27-25/h4-7,12-14,20H,8-11H2,1-3H3,(H2,26,27,32,33). The molecule has 0 spiro atoms. The molecular weight excluding hydrogens is 418 g/mol. The average Bonchev–Trinajstić information content (AvgIpc) is 3.34. The van der Waals surface area contributed by atoms with E-state index in [1.807, 2.05) is 4.90 Å². The van der Waals surface area contributed by atoms with Gasteiger partial charge in [-0.25, -0.2) is 4.79 Å². The van der Waals surface area contributed by atoms with Gasteiger partial charge >= 0.3 is 6.03 Å². The highest BCUT2D eigenvalue weighted by atomic mass is 16.2. The van der Waals surface area contributed by atoms with Crippen LogP contribution in [0.3, 0.4) is 0 Å². The Kier molecular flexibility index (Phi) is 4.96. The second kappa shape index (κ2) is 7.72.